The average Bonchev–Trinajstić information content (AvgIpc) is 3.15. The van der Waals surface area contributed by atoms with E-state index in [0.717, 1.165) is 55.9 Å². The van der Waals surface area contributed by atoms with E-state index < -0.39 is 5.41 Å². The van der Waals surface area contributed by atoms with Crippen molar-refractivity contribution in [2.75, 3.05) is 13.1 Å². The first kappa shape index (κ1) is 22.5. The van der Waals surface area contributed by atoms with Crippen molar-refractivity contribution < 1.29 is 9.21 Å². The minimum Gasteiger partial charge on any atom is -0.461 e. The number of fused-ring (bicyclic) bond motifs is 1. The quantitative estimate of drug-likeness (QED) is 0.557. The largest absolute Gasteiger partial charge is 0.461 e. The zero-order chi connectivity index (χ0) is 22.7. The number of hydrogen-bond acceptors (Lipinski definition) is 4. The third-order valence-electron chi connectivity index (χ3n) is 6.47. The van der Waals surface area contributed by atoms with E-state index in [1.54, 1.807) is 0 Å². The maximum absolute atomic E-state index is 12.9. The number of para-hydroxylation sites is 1. The second-order valence-corrected chi connectivity index (χ2v) is 9.95. The molecule has 1 aliphatic rings. The molecule has 1 aliphatic heterocycles. The molecule has 3 aromatic rings. The number of benzene rings is 1. The molecule has 0 aliphatic carbocycles. The van der Waals surface area contributed by atoms with Gasteiger partial charge in [-0.15, -0.1) is 0 Å². The van der Waals surface area contributed by atoms with Gasteiger partial charge in [0.1, 0.15) is 11.3 Å². The number of piperidine rings is 1. The predicted octanol–water partition coefficient (Wildman–Crippen LogP) is 5.51. The summed E-state index contributed by atoms with van der Waals surface area (Å²) < 4.78 is 6.13. The Morgan fingerprint density at radius 1 is 1.22 bits per heavy atom. The van der Waals surface area contributed by atoms with Crippen molar-refractivity contribution in [1.29, 1.82) is 0 Å². The van der Waals surface area contributed by atoms with E-state index in [2.05, 4.69) is 40.3 Å². The smallest absolute Gasteiger partial charge is 0.225 e. The van der Waals surface area contributed by atoms with Crippen LogP contribution in [-0.2, 0) is 17.8 Å². The number of aryl methyl sites for hydroxylation is 1. The molecule has 1 amide bonds. The van der Waals surface area contributed by atoms with Crippen LogP contribution in [0.2, 0.25) is 0 Å². The standard InChI is InChI=1S/C27H35N3O2/c1-5-23-21(20-12-6-7-14-24(20)32-23)18-30-16-10-11-19(17-30)25(22-13-8-9-15-28-22)29-26(31)27(2,3)4/h6-9,12-15,19,25H,5,10-11,16-18H2,1-4H3,(H,29,31)/t19-,25+/m1/s1. The molecule has 0 spiro atoms. The molecular weight excluding hydrogens is 398 g/mol. The summed E-state index contributed by atoms with van der Waals surface area (Å²) in [6, 6.07) is 14.2. The summed E-state index contributed by atoms with van der Waals surface area (Å²) in [5.41, 5.74) is 2.78. The second-order valence-electron chi connectivity index (χ2n) is 9.95. The van der Waals surface area contributed by atoms with Crippen LogP contribution in [0.5, 0.6) is 0 Å². The van der Waals surface area contributed by atoms with Crippen molar-refractivity contribution in [1.82, 2.24) is 15.2 Å². The maximum atomic E-state index is 12.9. The zero-order valence-electron chi connectivity index (χ0n) is 19.7. The van der Waals surface area contributed by atoms with Crippen LogP contribution >= 0.6 is 0 Å². The summed E-state index contributed by atoms with van der Waals surface area (Å²) in [5, 5.41) is 4.54. The van der Waals surface area contributed by atoms with Crippen LogP contribution in [0, 0.1) is 11.3 Å². The first-order valence-corrected chi connectivity index (χ1v) is 11.8. The van der Waals surface area contributed by atoms with Crippen LogP contribution in [0.25, 0.3) is 11.0 Å². The number of amides is 1. The number of nitrogens with zero attached hydrogens (tertiary/aromatic N) is 2. The SMILES string of the molecule is CCc1oc2ccccc2c1CN1CCC[C@@H]([C@H](NC(=O)C(C)(C)C)c2ccccn2)C1. The number of furan rings is 1. The van der Waals surface area contributed by atoms with Gasteiger partial charge in [0.2, 0.25) is 5.91 Å². The Labute approximate surface area is 191 Å². The number of carbonyl (C=O) groups is 1. The molecule has 2 atom stereocenters. The Bertz CT molecular complexity index is 1050. The van der Waals surface area contributed by atoms with Crippen LogP contribution in [0.3, 0.4) is 0 Å². The molecule has 0 radical (unpaired) electrons. The monoisotopic (exact) mass is 433 g/mol. The van der Waals surface area contributed by atoms with Gasteiger partial charge in [-0.2, -0.15) is 0 Å². The number of rotatable bonds is 6. The minimum atomic E-state index is -0.437. The van der Waals surface area contributed by atoms with E-state index in [9.17, 15) is 4.79 Å². The summed E-state index contributed by atoms with van der Waals surface area (Å²) in [6.07, 6.45) is 4.89. The number of aromatic nitrogens is 1. The van der Waals surface area contributed by atoms with E-state index in [1.165, 1.54) is 10.9 Å². The van der Waals surface area contributed by atoms with Gasteiger partial charge in [0.05, 0.1) is 11.7 Å². The Morgan fingerprint density at radius 2 is 2.00 bits per heavy atom. The van der Waals surface area contributed by atoms with E-state index in [1.807, 2.05) is 51.2 Å². The van der Waals surface area contributed by atoms with Crippen LogP contribution in [0.1, 0.15) is 63.6 Å². The van der Waals surface area contributed by atoms with Gasteiger partial charge in [0.25, 0.3) is 0 Å². The lowest BCUT2D eigenvalue weighted by Gasteiger charge is -2.38. The molecule has 0 unspecified atom stereocenters. The Balaban J connectivity index is 1.57. The van der Waals surface area contributed by atoms with Crippen molar-refractivity contribution in [2.24, 2.45) is 11.3 Å². The lowest BCUT2D eigenvalue weighted by atomic mass is 9.86. The van der Waals surface area contributed by atoms with Crippen molar-refractivity contribution in [3.63, 3.8) is 0 Å². The molecule has 5 heteroatoms. The highest BCUT2D eigenvalue weighted by Crippen LogP contribution is 2.33. The molecule has 2 aromatic heterocycles. The predicted molar refractivity (Wildman–Crippen MR) is 128 cm³/mol. The van der Waals surface area contributed by atoms with Crippen LogP contribution in [-0.4, -0.2) is 28.9 Å². The zero-order valence-corrected chi connectivity index (χ0v) is 19.7. The Morgan fingerprint density at radius 3 is 2.72 bits per heavy atom. The van der Waals surface area contributed by atoms with Crippen LogP contribution < -0.4 is 5.32 Å². The number of pyridine rings is 1. The van der Waals surface area contributed by atoms with E-state index in [0.29, 0.717) is 5.92 Å². The fraction of sp³-hybridized carbons (Fsp3) is 0.481. The molecule has 1 N–H and O–H groups in total. The molecule has 1 aromatic carbocycles. The van der Waals surface area contributed by atoms with Gasteiger partial charge in [-0.05, 0) is 43.5 Å². The van der Waals surface area contributed by atoms with Gasteiger partial charge in [0.15, 0.2) is 0 Å². The summed E-state index contributed by atoms with van der Waals surface area (Å²) in [7, 11) is 0. The normalized spacial score (nSPS) is 18.6. The lowest BCUT2D eigenvalue weighted by Crippen LogP contribution is -2.45. The molecule has 1 saturated heterocycles. The second kappa shape index (κ2) is 9.45. The topological polar surface area (TPSA) is 58.4 Å². The third kappa shape index (κ3) is 4.88. The fourth-order valence-electron chi connectivity index (χ4n) is 4.69. The van der Waals surface area contributed by atoms with Gasteiger partial charge >= 0.3 is 0 Å². The van der Waals surface area contributed by atoms with Gasteiger partial charge < -0.3 is 9.73 Å². The molecule has 170 valence electrons. The van der Waals surface area contributed by atoms with Crippen molar-refractivity contribution in [3.05, 3.63) is 65.7 Å². The highest BCUT2D eigenvalue weighted by molar-refractivity contribution is 5.82. The fourth-order valence-corrected chi connectivity index (χ4v) is 4.69. The summed E-state index contributed by atoms with van der Waals surface area (Å²) in [4.78, 5) is 20.0. The Kier molecular flexibility index (Phi) is 6.66. The number of nitrogens with one attached hydrogen (secondary N) is 1. The number of hydrogen-bond donors (Lipinski definition) is 1. The van der Waals surface area contributed by atoms with Crippen LogP contribution in [0.4, 0.5) is 0 Å². The molecular formula is C27H35N3O2. The highest BCUT2D eigenvalue weighted by atomic mass is 16.3. The molecule has 0 bridgehead atoms. The van der Waals surface area contributed by atoms with E-state index in [4.69, 9.17) is 4.42 Å². The third-order valence-corrected chi connectivity index (χ3v) is 6.47. The summed E-state index contributed by atoms with van der Waals surface area (Å²) >= 11 is 0. The average molecular weight is 434 g/mol. The molecule has 32 heavy (non-hydrogen) atoms. The van der Waals surface area contributed by atoms with Gasteiger partial charge in [0, 0.05) is 42.1 Å². The minimum absolute atomic E-state index is 0.0689. The first-order valence-electron chi connectivity index (χ1n) is 11.8. The van der Waals surface area contributed by atoms with Gasteiger partial charge in [-0.3, -0.25) is 14.7 Å². The van der Waals surface area contributed by atoms with Gasteiger partial charge in [-0.1, -0.05) is 52.0 Å². The van der Waals surface area contributed by atoms with E-state index in [-0.39, 0.29) is 11.9 Å². The van der Waals surface area contributed by atoms with E-state index >= 15 is 0 Å². The summed E-state index contributed by atoms with van der Waals surface area (Å²) in [5.74, 6) is 1.46. The highest BCUT2D eigenvalue weighted by Gasteiger charge is 2.33. The first-order chi connectivity index (χ1) is 15.4. The van der Waals surface area contributed by atoms with Gasteiger partial charge in [-0.25, -0.2) is 0 Å². The molecule has 0 saturated carbocycles. The lowest BCUT2D eigenvalue weighted by molar-refractivity contribution is -0.130. The van der Waals surface area contributed by atoms with Crippen LogP contribution in [0.15, 0.2) is 53.1 Å². The van der Waals surface area contributed by atoms with Crippen molar-refractivity contribution >= 4 is 16.9 Å². The van der Waals surface area contributed by atoms with Crippen molar-refractivity contribution in [3.8, 4) is 0 Å². The number of carbonyl (C=O) groups excluding carboxylic acids is 1. The Hall–Kier alpha value is -2.66. The maximum Gasteiger partial charge on any atom is 0.225 e. The van der Waals surface area contributed by atoms with Crippen molar-refractivity contribution in [2.45, 2.75) is 59.5 Å². The summed E-state index contributed by atoms with van der Waals surface area (Å²) in [6.45, 7) is 10.9. The molecule has 1 fully saturated rings. The molecule has 4 rings (SSSR count). The molecule has 3 heterocycles. The molecule has 5 nitrogen and oxygen atoms in total. The number of likely N-dealkylation sites (tertiary alicyclic amines) is 1.